The highest BCUT2D eigenvalue weighted by Gasteiger charge is 2.15. The Bertz CT molecular complexity index is 686. The van der Waals surface area contributed by atoms with Gasteiger partial charge >= 0.3 is 0 Å². The van der Waals surface area contributed by atoms with Crippen LogP contribution in [0.4, 0.5) is 0 Å². The van der Waals surface area contributed by atoms with Gasteiger partial charge in [0.1, 0.15) is 10.7 Å². The number of nitrogens with one attached hydrogen (secondary N) is 1. The van der Waals surface area contributed by atoms with E-state index in [0.717, 1.165) is 11.1 Å². The van der Waals surface area contributed by atoms with E-state index in [-0.39, 0.29) is 21.9 Å². The molecule has 0 amide bonds. The average Bonchev–Trinajstić information content (AvgIpc) is 2.23. The Labute approximate surface area is 103 Å². The van der Waals surface area contributed by atoms with Crippen molar-refractivity contribution in [1.82, 2.24) is 4.98 Å². The van der Waals surface area contributed by atoms with Crippen LogP contribution >= 0.6 is 11.6 Å². The number of rotatable bonds is 1. The maximum Gasteiger partial charge on any atom is 0.201 e. The van der Waals surface area contributed by atoms with E-state index in [1.807, 2.05) is 19.9 Å². The van der Waals surface area contributed by atoms with E-state index < -0.39 is 0 Å². The van der Waals surface area contributed by atoms with E-state index in [4.69, 9.17) is 11.6 Å². The van der Waals surface area contributed by atoms with Crippen LogP contribution in [0.5, 0.6) is 0 Å². The van der Waals surface area contributed by atoms with Gasteiger partial charge in [-0.15, -0.1) is 0 Å². The molecule has 2 rings (SSSR count). The molecule has 0 saturated heterocycles. The molecule has 0 unspecified atom stereocenters. The van der Waals surface area contributed by atoms with Gasteiger partial charge in [0.05, 0.1) is 5.52 Å². The van der Waals surface area contributed by atoms with Crippen molar-refractivity contribution in [2.45, 2.75) is 20.8 Å². The van der Waals surface area contributed by atoms with Gasteiger partial charge in [-0.2, -0.15) is 0 Å². The van der Waals surface area contributed by atoms with E-state index in [9.17, 15) is 9.59 Å². The zero-order valence-electron chi connectivity index (χ0n) is 9.85. The van der Waals surface area contributed by atoms with Crippen LogP contribution < -0.4 is 5.43 Å². The van der Waals surface area contributed by atoms with E-state index in [0.29, 0.717) is 10.9 Å². The van der Waals surface area contributed by atoms with Crippen molar-refractivity contribution in [2.75, 3.05) is 0 Å². The number of carbonyl (C=O) groups is 1. The summed E-state index contributed by atoms with van der Waals surface area (Å²) in [6.07, 6.45) is 0. The summed E-state index contributed by atoms with van der Waals surface area (Å²) >= 11 is 5.95. The minimum absolute atomic E-state index is 0.0300. The maximum atomic E-state index is 12.1. The van der Waals surface area contributed by atoms with Crippen molar-refractivity contribution in [1.29, 1.82) is 0 Å². The Morgan fingerprint density at radius 2 is 1.94 bits per heavy atom. The van der Waals surface area contributed by atoms with E-state index in [2.05, 4.69) is 4.98 Å². The molecule has 1 aromatic heterocycles. The number of aryl methyl sites for hydroxylation is 2. The lowest BCUT2D eigenvalue weighted by Gasteiger charge is -2.08. The number of halogens is 1. The van der Waals surface area contributed by atoms with Gasteiger partial charge in [0, 0.05) is 5.39 Å². The Balaban J connectivity index is 3.02. The summed E-state index contributed by atoms with van der Waals surface area (Å²) in [4.78, 5) is 26.4. The number of fused-ring (bicyclic) bond motifs is 1. The zero-order valence-corrected chi connectivity index (χ0v) is 10.6. The Morgan fingerprint density at radius 1 is 1.29 bits per heavy atom. The highest BCUT2D eigenvalue weighted by molar-refractivity contribution is 6.33. The third-order valence-corrected chi connectivity index (χ3v) is 3.30. The summed E-state index contributed by atoms with van der Waals surface area (Å²) in [6.45, 7) is 5.21. The van der Waals surface area contributed by atoms with Crippen LogP contribution in [-0.4, -0.2) is 10.8 Å². The maximum absolute atomic E-state index is 12.1. The molecular weight excluding hydrogens is 238 g/mol. The number of benzene rings is 1. The summed E-state index contributed by atoms with van der Waals surface area (Å²) in [5.74, 6) is -0.323. The zero-order chi connectivity index (χ0) is 12.7. The predicted octanol–water partition coefficient (Wildman–Crippen LogP) is 3.00. The number of hydrogen-bond acceptors (Lipinski definition) is 2. The molecule has 1 heterocycles. The summed E-state index contributed by atoms with van der Waals surface area (Å²) in [5.41, 5.74) is 2.46. The molecule has 88 valence electrons. The normalized spacial score (nSPS) is 10.8. The van der Waals surface area contributed by atoms with Gasteiger partial charge in [0.25, 0.3) is 0 Å². The lowest BCUT2D eigenvalue weighted by atomic mass is 10.0. The smallest absolute Gasteiger partial charge is 0.201 e. The molecule has 4 heteroatoms. The van der Waals surface area contributed by atoms with Crippen molar-refractivity contribution in [3.05, 3.63) is 44.2 Å². The number of Topliss-reactive ketones (excluding diaryl/α,β-unsaturated/α-hetero) is 1. The molecule has 0 saturated carbocycles. The van der Waals surface area contributed by atoms with Gasteiger partial charge in [-0.3, -0.25) is 9.59 Å². The van der Waals surface area contributed by atoms with Crippen LogP contribution in [0.15, 0.2) is 16.9 Å². The minimum Gasteiger partial charge on any atom is -0.345 e. The molecule has 0 bridgehead atoms. The van der Waals surface area contributed by atoms with Crippen LogP contribution in [0, 0.1) is 13.8 Å². The first-order chi connectivity index (χ1) is 7.93. The first kappa shape index (κ1) is 11.9. The SMILES string of the molecule is CC(=O)c1c(Cl)[nH]c2c(C)c(C)ccc2c1=O. The standard InChI is InChI=1S/C13H12ClNO2/c1-6-4-5-9-11(7(6)2)15-13(14)10(8(3)16)12(9)17/h4-5H,1-3H3,(H,15,17). The third-order valence-electron chi connectivity index (χ3n) is 3.01. The van der Waals surface area contributed by atoms with Gasteiger partial charge in [-0.05, 0) is 38.0 Å². The quantitative estimate of drug-likeness (QED) is 0.624. The van der Waals surface area contributed by atoms with Gasteiger partial charge in [0.15, 0.2) is 5.78 Å². The highest BCUT2D eigenvalue weighted by Crippen LogP contribution is 2.21. The second-order valence-corrected chi connectivity index (χ2v) is 4.51. The molecule has 2 aromatic rings. The lowest BCUT2D eigenvalue weighted by Crippen LogP contribution is -2.15. The summed E-state index contributed by atoms with van der Waals surface area (Å²) in [7, 11) is 0. The molecule has 0 aliphatic carbocycles. The second-order valence-electron chi connectivity index (χ2n) is 4.13. The fourth-order valence-corrected chi connectivity index (χ4v) is 2.20. The second kappa shape index (κ2) is 4.00. The number of H-pyrrole nitrogens is 1. The molecule has 0 fully saturated rings. The van der Waals surface area contributed by atoms with Crippen molar-refractivity contribution < 1.29 is 4.79 Å². The molecule has 17 heavy (non-hydrogen) atoms. The van der Waals surface area contributed by atoms with Gasteiger partial charge in [-0.25, -0.2) is 0 Å². The number of carbonyl (C=O) groups excluding carboxylic acids is 1. The molecule has 0 radical (unpaired) electrons. The van der Waals surface area contributed by atoms with E-state index in [1.54, 1.807) is 6.07 Å². The van der Waals surface area contributed by atoms with Crippen molar-refractivity contribution in [2.24, 2.45) is 0 Å². The fourth-order valence-electron chi connectivity index (χ4n) is 1.89. The Kier molecular flexibility index (Phi) is 2.79. The van der Waals surface area contributed by atoms with Crippen LogP contribution in [0.1, 0.15) is 28.4 Å². The molecular formula is C13H12ClNO2. The number of hydrogen-bond donors (Lipinski definition) is 1. The van der Waals surface area contributed by atoms with Gasteiger partial charge in [-0.1, -0.05) is 17.7 Å². The molecule has 0 atom stereocenters. The van der Waals surface area contributed by atoms with Crippen LogP contribution in [0.25, 0.3) is 10.9 Å². The average molecular weight is 250 g/mol. The van der Waals surface area contributed by atoms with Crippen LogP contribution in [-0.2, 0) is 0 Å². The topological polar surface area (TPSA) is 49.9 Å². The van der Waals surface area contributed by atoms with Gasteiger partial charge in [0.2, 0.25) is 5.43 Å². The van der Waals surface area contributed by atoms with Crippen molar-refractivity contribution in [3.63, 3.8) is 0 Å². The molecule has 0 aliphatic rings. The number of aromatic amines is 1. The van der Waals surface area contributed by atoms with Crippen LogP contribution in [0.2, 0.25) is 5.15 Å². The first-order valence-electron chi connectivity index (χ1n) is 5.26. The number of pyridine rings is 1. The van der Waals surface area contributed by atoms with Crippen molar-refractivity contribution in [3.8, 4) is 0 Å². The Hall–Kier alpha value is -1.61. The number of aromatic nitrogens is 1. The summed E-state index contributed by atoms with van der Waals surface area (Å²) < 4.78 is 0. The highest BCUT2D eigenvalue weighted by atomic mass is 35.5. The molecule has 1 aromatic carbocycles. The molecule has 1 N–H and O–H groups in total. The third kappa shape index (κ3) is 1.76. The molecule has 0 spiro atoms. The largest absolute Gasteiger partial charge is 0.345 e. The predicted molar refractivity (Wildman–Crippen MR) is 69.1 cm³/mol. The molecule has 3 nitrogen and oxygen atoms in total. The summed E-state index contributed by atoms with van der Waals surface area (Å²) in [5, 5.41) is 0.617. The lowest BCUT2D eigenvalue weighted by molar-refractivity contribution is 0.101. The van der Waals surface area contributed by atoms with Gasteiger partial charge < -0.3 is 4.98 Å². The van der Waals surface area contributed by atoms with E-state index in [1.165, 1.54) is 6.92 Å². The van der Waals surface area contributed by atoms with Crippen molar-refractivity contribution >= 4 is 28.3 Å². The van der Waals surface area contributed by atoms with Crippen LogP contribution in [0.3, 0.4) is 0 Å². The molecule has 0 aliphatic heterocycles. The monoisotopic (exact) mass is 249 g/mol. The minimum atomic E-state index is -0.323. The first-order valence-corrected chi connectivity index (χ1v) is 5.64. The summed E-state index contributed by atoms with van der Waals surface area (Å²) in [6, 6.07) is 3.59. The fraction of sp³-hybridized carbons (Fsp3) is 0.231. The Morgan fingerprint density at radius 3 is 2.53 bits per heavy atom. The number of ketones is 1. The van der Waals surface area contributed by atoms with E-state index >= 15 is 0 Å².